The van der Waals surface area contributed by atoms with Crippen molar-refractivity contribution in [3.8, 4) is 5.75 Å². The van der Waals surface area contributed by atoms with Crippen molar-refractivity contribution in [2.75, 3.05) is 0 Å². The maximum Gasteiger partial charge on any atom is 0.120 e. The van der Waals surface area contributed by atoms with Gasteiger partial charge in [-0.1, -0.05) is 48.5 Å². The minimum atomic E-state index is 0.570. The average Bonchev–Trinajstić information content (AvgIpc) is 2.80. The lowest BCUT2D eigenvalue weighted by atomic mass is 10.1. The van der Waals surface area contributed by atoms with E-state index in [1.54, 1.807) is 0 Å². The van der Waals surface area contributed by atoms with Crippen molar-refractivity contribution in [1.29, 1.82) is 0 Å². The summed E-state index contributed by atoms with van der Waals surface area (Å²) in [4.78, 5) is 10.8. The summed E-state index contributed by atoms with van der Waals surface area (Å²) < 4.78 is 6.01. The van der Waals surface area contributed by atoms with Crippen molar-refractivity contribution >= 4 is 0 Å². The van der Waals surface area contributed by atoms with E-state index in [4.69, 9.17) is 4.74 Å². The Labute approximate surface area is 177 Å². The minimum absolute atomic E-state index is 0.570. The van der Waals surface area contributed by atoms with Crippen LogP contribution in [-0.2, 0) is 26.2 Å². The molecule has 0 radical (unpaired) electrons. The second-order valence-corrected chi connectivity index (χ2v) is 7.28. The van der Waals surface area contributed by atoms with Crippen LogP contribution in [-0.4, -0.2) is 14.9 Å². The standard InChI is InChI=1S/C26H25N3O/c1-2-6-23(7-3-1)21-30-26-10-4-8-24(16-26)19-29(18-22-11-14-27-15-12-22)20-25-9-5-13-28-17-25/h1-17H,18-21H2. The molecule has 2 aromatic heterocycles. The molecule has 0 aliphatic rings. The maximum atomic E-state index is 6.01. The predicted octanol–water partition coefficient (Wildman–Crippen LogP) is 5.26. The molecule has 150 valence electrons. The van der Waals surface area contributed by atoms with Crippen LogP contribution in [0.4, 0.5) is 0 Å². The van der Waals surface area contributed by atoms with Gasteiger partial charge in [0.2, 0.25) is 0 Å². The Morgan fingerprint density at radius 2 is 1.33 bits per heavy atom. The zero-order chi connectivity index (χ0) is 20.4. The fourth-order valence-electron chi connectivity index (χ4n) is 3.40. The van der Waals surface area contributed by atoms with Gasteiger partial charge < -0.3 is 4.74 Å². The van der Waals surface area contributed by atoms with Crippen LogP contribution in [0, 0.1) is 0 Å². The van der Waals surface area contributed by atoms with Gasteiger partial charge in [0, 0.05) is 44.4 Å². The van der Waals surface area contributed by atoms with E-state index in [0.717, 1.165) is 25.4 Å². The average molecular weight is 396 g/mol. The van der Waals surface area contributed by atoms with Crippen molar-refractivity contribution in [3.05, 3.63) is 126 Å². The molecule has 2 aromatic carbocycles. The number of rotatable bonds is 9. The first-order valence-electron chi connectivity index (χ1n) is 10.1. The Kier molecular flexibility index (Phi) is 6.82. The first kappa shape index (κ1) is 19.8. The largest absolute Gasteiger partial charge is 0.489 e. The van der Waals surface area contributed by atoms with Crippen LogP contribution in [0.2, 0.25) is 0 Å². The van der Waals surface area contributed by atoms with Gasteiger partial charge in [0.1, 0.15) is 12.4 Å². The lowest BCUT2D eigenvalue weighted by Gasteiger charge is -2.23. The second kappa shape index (κ2) is 10.3. The van der Waals surface area contributed by atoms with Crippen LogP contribution >= 0.6 is 0 Å². The Morgan fingerprint density at radius 1 is 0.600 bits per heavy atom. The highest BCUT2D eigenvalue weighted by atomic mass is 16.5. The highest BCUT2D eigenvalue weighted by Crippen LogP contribution is 2.19. The van der Waals surface area contributed by atoms with E-state index in [1.165, 1.54) is 22.3 Å². The smallest absolute Gasteiger partial charge is 0.120 e. The molecule has 0 saturated heterocycles. The molecule has 0 unspecified atom stereocenters. The molecule has 2 heterocycles. The normalized spacial score (nSPS) is 10.8. The lowest BCUT2D eigenvalue weighted by Crippen LogP contribution is -2.22. The summed E-state index contributed by atoms with van der Waals surface area (Å²) in [6, 6.07) is 26.8. The topological polar surface area (TPSA) is 38.2 Å². The van der Waals surface area contributed by atoms with Crippen molar-refractivity contribution in [2.24, 2.45) is 0 Å². The third kappa shape index (κ3) is 6.00. The molecule has 0 atom stereocenters. The van der Waals surface area contributed by atoms with E-state index >= 15 is 0 Å². The predicted molar refractivity (Wildman–Crippen MR) is 119 cm³/mol. The van der Waals surface area contributed by atoms with Gasteiger partial charge in [0.05, 0.1) is 0 Å². The van der Waals surface area contributed by atoms with Gasteiger partial charge in [-0.15, -0.1) is 0 Å². The van der Waals surface area contributed by atoms with E-state index < -0.39 is 0 Å². The zero-order valence-electron chi connectivity index (χ0n) is 16.9. The Bertz CT molecular complexity index is 982. The number of ether oxygens (including phenoxy) is 1. The molecule has 4 rings (SSSR count). The summed E-state index contributed by atoms with van der Waals surface area (Å²) in [5, 5.41) is 0. The molecule has 0 N–H and O–H groups in total. The van der Waals surface area contributed by atoms with E-state index in [0.29, 0.717) is 6.61 Å². The highest BCUT2D eigenvalue weighted by Gasteiger charge is 2.10. The van der Waals surface area contributed by atoms with Crippen LogP contribution in [0.1, 0.15) is 22.3 Å². The van der Waals surface area contributed by atoms with Gasteiger partial charge >= 0.3 is 0 Å². The summed E-state index contributed by atoms with van der Waals surface area (Å²) in [7, 11) is 0. The summed E-state index contributed by atoms with van der Waals surface area (Å²) in [5.74, 6) is 0.890. The maximum absolute atomic E-state index is 6.01. The summed E-state index contributed by atoms with van der Waals surface area (Å²) >= 11 is 0. The molecule has 4 nitrogen and oxygen atoms in total. The fourth-order valence-corrected chi connectivity index (χ4v) is 3.40. The number of pyridine rings is 2. The summed E-state index contributed by atoms with van der Waals surface area (Å²) in [5.41, 5.74) is 4.82. The Balaban J connectivity index is 1.46. The van der Waals surface area contributed by atoms with Gasteiger partial charge in [0.25, 0.3) is 0 Å². The molecule has 4 aromatic rings. The van der Waals surface area contributed by atoms with Crippen LogP contribution in [0.3, 0.4) is 0 Å². The minimum Gasteiger partial charge on any atom is -0.489 e. The van der Waals surface area contributed by atoms with Crippen LogP contribution in [0.25, 0.3) is 0 Å². The van der Waals surface area contributed by atoms with E-state index in [-0.39, 0.29) is 0 Å². The van der Waals surface area contributed by atoms with Crippen LogP contribution in [0.15, 0.2) is 104 Å². The number of hydrogen-bond acceptors (Lipinski definition) is 4. The second-order valence-electron chi connectivity index (χ2n) is 7.28. The number of aromatic nitrogens is 2. The summed E-state index contributed by atoms with van der Waals surface area (Å²) in [6.45, 7) is 3.05. The van der Waals surface area contributed by atoms with Gasteiger partial charge in [-0.05, 0) is 52.6 Å². The van der Waals surface area contributed by atoms with Gasteiger partial charge in [0.15, 0.2) is 0 Å². The van der Waals surface area contributed by atoms with E-state index in [1.807, 2.05) is 55.1 Å². The molecule has 30 heavy (non-hydrogen) atoms. The highest BCUT2D eigenvalue weighted by molar-refractivity contribution is 5.29. The molecular weight excluding hydrogens is 370 g/mol. The molecule has 0 aliphatic heterocycles. The van der Waals surface area contributed by atoms with E-state index in [2.05, 4.69) is 63.4 Å². The monoisotopic (exact) mass is 395 g/mol. The third-order valence-corrected chi connectivity index (χ3v) is 4.84. The quantitative estimate of drug-likeness (QED) is 0.388. The SMILES string of the molecule is c1ccc(COc2cccc(CN(Cc3ccncc3)Cc3cccnc3)c2)cc1. The van der Waals surface area contributed by atoms with Gasteiger partial charge in [-0.2, -0.15) is 0 Å². The van der Waals surface area contributed by atoms with Gasteiger partial charge in [-0.25, -0.2) is 0 Å². The number of hydrogen-bond donors (Lipinski definition) is 0. The fraction of sp³-hybridized carbons (Fsp3) is 0.154. The third-order valence-electron chi connectivity index (χ3n) is 4.84. The molecule has 0 spiro atoms. The van der Waals surface area contributed by atoms with Crippen molar-refractivity contribution in [1.82, 2.24) is 14.9 Å². The molecule has 0 fully saturated rings. The molecule has 0 bridgehead atoms. The van der Waals surface area contributed by atoms with Crippen molar-refractivity contribution in [3.63, 3.8) is 0 Å². The first-order valence-corrected chi connectivity index (χ1v) is 10.1. The molecule has 0 amide bonds. The molecule has 0 saturated carbocycles. The molecular formula is C26H25N3O. The molecule has 0 aliphatic carbocycles. The number of benzene rings is 2. The van der Waals surface area contributed by atoms with E-state index in [9.17, 15) is 0 Å². The van der Waals surface area contributed by atoms with Crippen LogP contribution in [0.5, 0.6) is 5.75 Å². The lowest BCUT2D eigenvalue weighted by molar-refractivity contribution is 0.246. The molecule has 4 heteroatoms. The number of nitrogens with zero attached hydrogens (tertiary/aromatic N) is 3. The van der Waals surface area contributed by atoms with Gasteiger partial charge in [-0.3, -0.25) is 14.9 Å². The van der Waals surface area contributed by atoms with Crippen molar-refractivity contribution in [2.45, 2.75) is 26.2 Å². The zero-order valence-corrected chi connectivity index (χ0v) is 16.9. The first-order chi connectivity index (χ1) is 14.8. The Morgan fingerprint density at radius 3 is 2.13 bits per heavy atom. The van der Waals surface area contributed by atoms with Crippen molar-refractivity contribution < 1.29 is 4.74 Å². The van der Waals surface area contributed by atoms with Crippen LogP contribution < -0.4 is 4.74 Å². The Hall–Kier alpha value is -3.50. The summed E-state index contributed by atoms with van der Waals surface area (Å²) in [6.07, 6.45) is 7.43.